The molecule has 0 saturated carbocycles. The van der Waals surface area contributed by atoms with Gasteiger partial charge in [-0.15, -0.1) is 23.7 Å². The van der Waals surface area contributed by atoms with Crippen molar-refractivity contribution < 1.29 is 4.79 Å². The molecule has 0 aliphatic heterocycles. The lowest BCUT2D eigenvalue weighted by molar-refractivity contribution is -0.117. The van der Waals surface area contributed by atoms with Crippen LogP contribution >= 0.6 is 23.7 Å². The van der Waals surface area contributed by atoms with E-state index < -0.39 is 6.04 Å². The number of carbonyl (C=O) groups is 1. The molecular formula is C15H14ClN3OS. The number of aromatic nitrogens is 1. The number of fused-ring (bicyclic) bond motifs is 1. The number of carbonyl (C=O) groups excluding carboxylic acids is 1. The second kappa shape index (κ2) is 6.67. The van der Waals surface area contributed by atoms with Crippen LogP contribution in [0.15, 0.2) is 54.0 Å². The number of rotatable bonds is 3. The summed E-state index contributed by atoms with van der Waals surface area (Å²) in [5, 5.41) is 2.82. The van der Waals surface area contributed by atoms with Crippen LogP contribution in [0.2, 0.25) is 0 Å². The predicted octanol–water partition coefficient (Wildman–Crippen LogP) is 3.36. The summed E-state index contributed by atoms with van der Waals surface area (Å²) in [5.74, 6) is -0.231. The zero-order valence-electron chi connectivity index (χ0n) is 11.0. The van der Waals surface area contributed by atoms with Crippen molar-refractivity contribution in [1.82, 2.24) is 4.98 Å². The molecule has 4 nitrogen and oxygen atoms in total. The molecule has 3 rings (SSSR count). The Balaban J connectivity index is 0.00000161. The molecule has 21 heavy (non-hydrogen) atoms. The second-order valence-electron chi connectivity index (χ2n) is 4.41. The molecule has 0 unspecified atom stereocenters. The largest absolute Gasteiger partial charge is 0.324 e. The Kier molecular flexibility index (Phi) is 4.90. The van der Waals surface area contributed by atoms with Gasteiger partial charge in [-0.25, -0.2) is 4.98 Å². The lowest BCUT2D eigenvalue weighted by Crippen LogP contribution is -2.27. The van der Waals surface area contributed by atoms with Crippen LogP contribution in [-0.4, -0.2) is 10.9 Å². The lowest BCUT2D eigenvalue weighted by Gasteiger charge is -2.12. The Bertz CT molecular complexity index is 745. The van der Waals surface area contributed by atoms with Crippen LogP contribution in [0.3, 0.4) is 0 Å². The van der Waals surface area contributed by atoms with Gasteiger partial charge < -0.3 is 11.1 Å². The maximum absolute atomic E-state index is 12.1. The lowest BCUT2D eigenvalue weighted by atomic mass is 10.1. The Hall–Kier alpha value is -1.95. The van der Waals surface area contributed by atoms with Gasteiger partial charge in [-0.3, -0.25) is 4.79 Å². The minimum Gasteiger partial charge on any atom is -0.324 e. The van der Waals surface area contributed by atoms with E-state index in [0.717, 1.165) is 15.8 Å². The second-order valence-corrected chi connectivity index (χ2v) is 5.30. The molecule has 2 aromatic carbocycles. The van der Waals surface area contributed by atoms with Gasteiger partial charge in [0.2, 0.25) is 5.91 Å². The van der Waals surface area contributed by atoms with Gasteiger partial charge in [0.1, 0.15) is 6.04 Å². The highest BCUT2D eigenvalue weighted by Crippen LogP contribution is 2.22. The highest BCUT2D eigenvalue weighted by Gasteiger charge is 2.15. The number of nitrogens with two attached hydrogens (primary N) is 1. The fraction of sp³-hybridized carbons (Fsp3) is 0.0667. The predicted molar refractivity (Wildman–Crippen MR) is 88.9 cm³/mol. The molecule has 1 heterocycles. The monoisotopic (exact) mass is 319 g/mol. The van der Waals surface area contributed by atoms with Gasteiger partial charge in [0.15, 0.2) is 0 Å². The maximum atomic E-state index is 12.1. The van der Waals surface area contributed by atoms with E-state index in [0.29, 0.717) is 5.69 Å². The molecule has 0 spiro atoms. The first-order chi connectivity index (χ1) is 9.74. The fourth-order valence-electron chi connectivity index (χ4n) is 1.97. The fourth-order valence-corrected chi connectivity index (χ4v) is 2.63. The minimum absolute atomic E-state index is 0. The first-order valence-electron chi connectivity index (χ1n) is 6.19. The number of anilines is 1. The van der Waals surface area contributed by atoms with E-state index in [2.05, 4.69) is 10.3 Å². The van der Waals surface area contributed by atoms with E-state index in [1.54, 1.807) is 16.8 Å². The molecule has 0 aliphatic rings. The van der Waals surface area contributed by atoms with Crippen molar-refractivity contribution in [2.75, 3.05) is 5.32 Å². The van der Waals surface area contributed by atoms with Crippen LogP contribution in [-0.2, 0) is 4.79 Å². The number of nitrogens with zero attached hydrogens (tertiary/aromatic N) is 1. The van der Waals surface area contributed by atoms with Crippen molar-refractivity contribution in [3.63, 3.8) is 0 Å². The van der Waals surface area contributed by atoms with Gasteiger partial charge in [-0.2, -0.15) is 0 Å². The standard InChI is InChI=1S/C15H13N3OS.ClH/c16-14(10-4-2-1-3-5-10)15(19)18-11-6-7-13-12(8-11)17-9-20-13;/h1-9,14H,16H2,(H,18,19);1H/t14-;/m1./s1. The molecule has 0 bridgehead atoms. The van der Waals surface area contributed by atoms with Crippen molar-refractivity contribution in [1.29, 1.82) is 0 Å². The SMILES string of the molecule is Cl.N[C@@H](C(=O)Nc1ccc2scnc2c1)c1ccccc1. The van der Waals surface area contributed by atoms with Crippen LogP contribution < -0.4 is 11.1 Å². The van der Waals surface area contributed by atoms with E-state index >= 15 is 0 Å². The van der Waals surface area contributed by atoms with Crippen LogP contribution in [0.4, 0.5) is 5.69 Å². The molecule has 6 heteroatoms. The van der Waals surface area contributed by atoms with E-state index in [1.165, 1.54) is 0 Å². The van der Waals surface area contributed by atoms with E-state index in [4.69, 9.17) is 5.73 Å². The maximum Gasteiger partial charge on any atom is 0.245 e. The van der Waals surface area contributed by atoms with Gasteiger partial charge in [0.25, 0.3) is 0 Å². The number of benzene rings is 2. The highest BCUT2D eigenvalue weighted by molar-refractivity contribution is 7.16. The summed E-state index contributed by atoms with van der Waals surface area (Å²) in [6.45, 7) is 0. The Morgan fingerprint density at radius 3 is 2.71 bits per heavy atom. The molecular weight excluding hydrogens is 306 g/mol. The molecule has 3 N–H and O–H groups in total. The molecule has 0 saturated heterocycles. The van der Waals surface area contributed by atoms with Crippen molar-refractivity contribution in [3.05, 3.63) is 59.6 Å². The van der Waals surface area contributed by atoms with Gasteiger partial charge >= 0.3 is 0 Å². The van der Waals surface area contributed by atoms with Gasteiger partial charge in [-0.05, 0) is 23.8 Å². The summed E-state index contributed by atoms with van der Waals surface area (Å²) in [5.41, 5.74) is 10.1. The van der Waals surface area contributed by atoms with Gasteiger partial charge in [0.05, 0.1) is 15.7 Å². The summed E-state index contributed by atoms with van der Waals surface area (Å²) in [4.78, 5) is 16.4. The Morgan fingerprint density at radius 2 is 1.95 bits per heavy atom. The summed E-state index contributed by atoms with van der Waals surface area (Å²) < 4.78 is 1.09. The third-order valence-corrected chi connectivity index (χ3v) is 3.85. The van der Waals surface area contributed by atoms with Crippen LogP contribution in [0.1, 0.15) is 11.6 Å². The molecule has 108 valence electrons. The molecule has 0 fully saturated rings. The van der Waals surface area contributed by atoms with Crippen LogP contribution in [0.5, 0.6) is 0 Å². The van der Waals surface area contributed by atoms with Crippen molar-refractivity contribution >= 4 is 45.6 Å². The molecule has 1 aromatic heterocycles. The number of thiazole rings is 1. The van der Waals surface area contributed by atoms with Gasteiger partial charge in [-0.1, -0.05) is 30.3 Å². The summed E-state index contributed by atoms with van der Waals surface area (Å²) in [6.07, 6.45) is 0. The number of halogens is 1. The topological polar surface area (TPSA) is 68.0 Å². The van der Waals surface area contributed by atoms with E-state index in [-0.39, 0.29) is 18.3 Å². The molecule has 1 atom stereocenters. The molecule has 3 aromatic rings. The van der Waals surface area contributed by atoms with Crippen molar-refractivity contribution in [2.45, 2.75) is 6.04 Å². The van der Waals surface area contributed by atoms with Crippen LogP contribution in [0.25, 0.3) is 10.2 Å². The number of hydrogen-bond donors (Lipinski definition) is 2. The quantitative estimate of drug-likeness (QED) is 0.778. The van der Waals surface area contributed by atoms with E-state index in [1.807, 2.05) is 48.5 Å². The summed E-state index contributed by atoms with van der Waals surface area (Å²) in [7, 11) is 0. The Morgan fingerprint density at radius 1 is 1.19 bits per heavy atom. The summed E-state index contributed by atoms with van der Waals surface area (Å²) in [6, 6.07) is 14.3. The highest BCUT2D eigenvalue weighted by atomic mass is 35.5. The third kappa shape index (κ3) is 3.39. The van der Waals surface area contributed by atoms with Gasteiger partial charge in [0, 0.05) is 5.69 Å². The Labute approximate surface area is 132 Å². The number of nitrogens with one attached hydrogen (secondary N) is 1. The molecule has 0 radical (unpaired) electrons. The average molecular weight is 320 g/mol. The normalized spacial score (nSPS) is 11.7. The molecule has 1 amide bonds. The smallest absolute Gasteiger partial charge is 0.245 e. The molecule has 0 aliphatic carbocycles. The first-order valence-corrected chi connectivity index (χ1v) is 7.06. The summed E-state index contributed by atoms with van der Waals surface area (Å²) >= 11 is 1.57. The average Bonchev–Trinajstić information content (AvgIpc) is 2.95. The van der Waals surface area contributed by atoms with Crippen molar-refractivity contribution in [3.8, 4) is 0 Å². The third-order valence-electron chi connectivity index (χ3n) is 3.04. The minimum atomic E-state index is -0.678. The zero-order valence-corrected chi connectivity index (χ0v) is 12.7. The van der Waals surface area contributed by atoms with E-state index in [9.17, 15) is 4.79 Å². The first kappa shape index (κ1) is 15.4. The number of hydrogen-bond acceptors (Lipinski definition) is 4. The van der Waals surface area contributed by atoms with Crippen LogP contribution in [0, 0.1) is 0 Å². The zero-order chi connectivity index (χ0) is 13.9. The van der Waals surface area contributed by atoms with Crippen molar-refractivity contribution in [2.24, 2.45) is 5.73 Å². The number of amides is 1.